The molecule has 0 saturated heterocycles. The normalized spacial score (nSPS) is 12.4. The highest BCUT2D eigenvalue weighted by Gasteiger charge is 2.31. The SMILES string of the molecule is COc1cccc(S(=O)(=O)N(c2ccccc2)[C@@H](C)c2ccccc2C)c1. The minimum absolute atomic E-state index is 0.200. The number of anilines is 1. The highest BCUT2D eigenvalue weighted by molar-refractivity contribution is 7.92. The van der Waals surface area contributed by atoms with E-state index in [-0.39, 0.29) is 10.9 Å². The highest BCUT2D eigenvalue weighted by Crippen LogP contribution is 2.34. The van der Waals surface area contributed by atoms with Crippen molar-refractivity contribution in [3.63, 3.8) is 0 Å². The Morgan fingerprint density at radius 1 is 0.889 bits per heavy atom. The average Bonchev–Trinajstić information content (AvgIpc) is 2.69. The molecule has 0 saturated carbocycles. The van der Waals surface area contributed by atoms with Gasteiger partial charge in [0.1, 0.15) is 5.75 Å². The fourth-order valence-corrected chi connectivity index (χ4v) is 4.87. The van der Waals surface area contributed by atoms with Crippen molar-refractivity contribution >= 4 is 15.7 Å². The van der Waals surface area contributed by atoms with Crippen molar-refractivity contribution in [3.05, 3.63) is 90.0 Å². The molecule has 0 amide bonds. The molecule has 1 atom stereocenters. The van der Waals surface area contributed by atoms with Crippen molar-refractivity contribution < 1.29 is 13.2 Å². The van der Waals surface area contributed by atoms with E-state index < -0.39 is 10.0 Å². The Balaban J connectivity index is 2.17. The van der Waals surface area contributed by atoms with E-state index in [1.165, 1.54) is 11.4 Å². The van der Waals surface area contributed by atoms with Gasteiger partial charge in [-0.1, -0.05) is 48.5 Å². The first-order chi connectivity index (χ1) is 12.9. The van der Waals surface area contributed by atoms with E-state index in [0.29, 0.717) is 11.4 Å². The van der Waals surface area contributed by atoms with Crippen LogP contribution in [0, 0.1) is 6.92 Å². The third-order valence-electron chi connectivity index (χ3n) is 4.60. The molecule has 0 aliphatic carbocycles. The van der Waals surface area contributed by atoms with Gasteiger partial charge in [0.15, 0.2) is 0 Å². The molecule has 0 radical (unpaired) electrons. The van der Waals surface area contributed by atoms with Gasteiger partial charge in [0.25, 0.3) is 10.0 Å². The summed E-state index contributed by atoms with van der Waals surface area (Å²) in [6, 6.07) is 23.2. The van der Waals surface area contributed by atoms with Crippen LogP contribution in [0.3, 0.4) is 0 Å². The van der Waals surface area contributed by atoms with Crippen molar-refractivity contribution in [3.8, 4) is 5.75 Å². The van der Waals surface area contributed by atoms with Gasteiger partial charge in [-0.25, -0.2) is 8.42 Å². The number of hydrogen-bond donors (Lipinski definition) is 0. The van der Waals surface area contributed by atoms with Gasteiger partial charge in [0, 0.05) is 6.07 Å². The second-order valence-electron chi connectivity index (χ2n) is 6.35. The molecule has 0 bridgehead atoms. The van der Waals surface area contributed by atoms with Gasteiger partial charge in [-0.2, -0.15) is 0 Å². The fraction of sp³-hybridized carbons (Fsp3) is 0.182. The number of aryl methyl sites for hydroxylation is 1. The van der Waals surface area contributed by atoms with Crippen LogP contribution in [0.1, 0.15) is 24.1 Å². The van der Waals surface area contributed by atoms with Crippen LogP contribution in [0.4, 0.5) is 5.69 Å². The van der Waals surface area contributed by atoms with Crippen LogP contribution < -0.4 is 9.04 Å². The van der Waals surface area contributed by atoms with Crippen LogP contribution in [0.15, 0.2) is 83.8 Å². The number of hydrogen-bond acceptors (Lipinski definition) is 3. The van der Waals surface area contributed by atoms with E-state index in [4.69, 9.17) is 4.74 Å². The third kappa shape index (κ3) is 3.83. The summed E-state index contributed by atoms with van der Waals surface area (Å²) >= 11 is 0. The molecule has 3 aromatic carbocycles. The zero-order chi connectivity index (χ0) is 19.4. The van der Waals surface area contributed by atoms with E-state index in [2.05, 4.69) is 0 Å². The molecular weight excluding hydrogens is 358 g/mol. The monoisotopic (exact) mass is 381 g/mol. The standard InChI is InChI=1S/C22H23NO3S/c1-17-10-7-8-15-22(17)18(2)23(19-11-5-4-6-12-19)27(24,25)21-14-9-13-20(16-21)26-3/h4-16,18H,1-3H3/t18-/m0/s1. The van der Waals surface area contributed by atoms with E-state index in [1.54, 1.807) is 24.3 Å². The summed E-state index contributed by atoms with van der Waals surface area (Å²) < 4.78 is 33.9. The lowest BCUT2D eigenvalue weighted by Gasteiger charge is -2.31. The molecule has 0 aromatic heterocycles. The predicted molar refractivity (Wildman–Crippen MR) is 109 cm³/mol. The number of ether oxygens (including phenoxy) is 1. The Kier molecular flexibility index (Phi) is 5.51. The molecule has 0 N–H and O–H groups in total. The zero-order valence-corrected chi connectivity index (χ0v) is 16.5. The highest BCUT2D eigenvalue weighted by atomic mass is 32.2. The van der Waals surface area contributed by atoms with Crippen LogP contribution >= 0.6 is 0 Å². The first-order valence-corrected chi connectivity index (χ1v) is 10.2. The molecule has 5 heteroatoms. The van der Waals surface area contributed by atoms with Gasteiger partial charge < -0.3 is 4.74 Å². The lowest BCUT2D eigenvalue weighted by molar-refractivity contribution is 0.413. The summed E-state index contributed by atoms with van der Waals surface area (Å²) in [6.07, 6.45) is 0. The van der Waals surface area contributed by atoms with Crippen molar-refractivity contribution in [2.24, 2.45) is 0 Å². The molecule has 0 fully saturated rings. The number of benzene rings is 3. The summed E-state index contributed by atoms with van der Waals surface area (Å²) in [5.74, 6) is 0.507. The minimum Gasteiger partial charge on any atom is -0.497 e. The van der Waals surface area contributed by atoms with Crippen LogP contribution in [0.2, 0.25) is 0 Å². The second-order valence-corrected chi connectivity index (χ2v) is 8.16. The van der Waals surface area contributed by atoms with E-state index >= 15 is 0 Å². The first-order valence-electron chi connectivity index (χ1n) is 8.74. The van der Waals surface area contributed by atoms with E-state index in [9.17, 15) is 8.42 Å². The largest absolute Gasteiger partial charge is 0.497 e. The van der Waals surface area contributed by atoms with Gasteiger partial charge in [-0.3, -0.25) is 4.31 Å². The van der Waals surface area contributed by atoms with Crippen molar-refractivity contribution in [2.45, 2.75) is 24.8 Å². The molecule has 0 unspecified atom stereocenters. The van der Waals surface area contributed by atoms with Crippen LogP contribution in [-0.2, 0) is 10.0 Å². The number of para-hydroxylation sites is 1. The molecule has 0 spiro atoms. The topological polar surface area (TPSA) is 46.6 Å². The lowest BCUT2D eigenvalue weighted by Crippen LogP contribution is -2.34. The Labute approximate surface area is 161 Å². The summed E-state index contributed by atoms with van der Waals surface area (Å²) in [4.78, 5) is 0.200. The van der Waals surface area contributed by atoms with Crippen molar-refractivity contribution in [1.29, 1.82) is 0 Å². The number of methoxy groups -OCH3 is 1. The Hall–Kier alpha value is -2.79. The Morgan fingerprint density at radius 2 is 1.56 bits per heavy atom. The smallest absolute Gasteiger partial charge is 0.265 e. The van der Waals surface area contributed by atoms with Gasteiger partial charge in [0.05, 0.1) is 23.7 Å². The number of nitrogens with zero attached hydrogens (tertiary/aromatic N) is 1. The Morgan fingerprint density at radius 3 is 2.22 bits per heavy atom. The van der Waals surface area contributed by atoms with Crippen LogP contribution in [0.5, 0.6) is 5.75 Å². The van der Waals surface area contributed by atoms with Gasteiger partial charge in [-0.15, -0.1) is 0 Å². The molecule has 27 heavy (non-hydrogen) atoms. The van der Waals surface area contributed by atoms with E-state index in [1.807, 2.05) is 68.4 Å². The first kappa shape index (κ1) is 19.0. The maximum atomic E-state index is 13.6. The molecule has 0 aliphatic heterocycles. The molecule has 4 nitrogen and oxygen atoms in total. The maximum absolute atomic E-state index is 13.6. The molecule has 140 valence electrons. The predicted octanol–water partition coefficient (Wildman–Crippen LogP) is 4.96. The second kappa shape index (κ2) is 7.84. The molecule has 0 aliphatic rings. The summed E-state index contributed by atoms with van der Waals surface area (Å²) in [7, 11) is -2.27. The lowest BCUT2D eigenvalue weighted by atomic mass is 10.0. The average molecular weight is 381 g/mol. The minimum atomic E-state index is -3.80. The quantitative estimate of drug-likeness (QED) is 0.606. The van der Waals surface area contributed by atoms with Gasteiger partial charge >= 0.3 is 0 Å². The van der Waals surface area contributed by atoms with E-state index in [0.717, 1.165) is 11.1 Å². The number of rotatable bonds is 6. The van der Waals surface area contributed by atoms with Crippen molar-refractivity contribution in [2.75, 3.05) is 11.4 Å². The molecule has 0 heterocycles. The summed E-state index contributed by atoms with van der Waals surface area (Å²) in [6.45, 7) is 3.90. The Bertz CT molecular complexity index is 1020. The zero-order valence-electron chi connectivity index (χ0n) is 15.7. The van der Waals surface area contributed by atoms with Crippen LogP contribution in [-0.4, -0.2) is 15.5 Å². The third-order valence-corrected chi connectivity index (χ3v) is 6.49. The van der Waals surface area contributed by atoms with Crippen molar-refractivity contribution in [1.82, 2.24) is 0 Å². The molecular formula is C22H23NO3S. The summed E-state index contributed by atoms with van der Waals surface area (Å²) in [5, 5.41) is 0. The van der Waals surface area contributed by atoms with Gasteiger partial charge in [0.2, 0.25) is 0 Å². The number of sulfonamides is 1. The summed E-state index contributed by atoms with van der Waals surface area (Å²) in [5.41, 5.74) is 2.63. The fourth-order valence-electron chi connectivity index (χ4n) is 3.20. The van der Waals surface area contributed by atoms with Gasteiger partial charge in [-0.05, 0) is 49.2 Å². The molecule has 3 rings (SSSR count). The van der Waals surface area contributed by atoms with Crippen LogP contribution in [0.25, 0.3) is 0 Å². The molecule has 3 aromatic rings. The maximum Gasteiger partial charge on any atom is 0.265 e.